The summed E-state index contributed by atoms with van der Waals surface area (Å²) in [6, 6.07) is 11.2. The molecule has 126 valence electrons. The zero-order valence-corrected chi connectivity index (χ0v) is 14.5. The summed E-state index contributed by atoms with van der Waals surface area (Å²) < 4.78 is 11.4. The molecule has 1 aliphatic heterocycles. The number of hydrogen-bond donors (Lipinski definition) is 1. The normalized spacial score (nSPS) is 15.9. The van der Waals surface area contributed by atoms with Crippen molar-refractivity contribution in [2.45, 2.75) is 32.8 Å². The molecule has 0 saturated carbocycles. The number of fused-ring (bicyclic) bond motifs is 1. The zero-order valence-electron chi connectivity index (χ0n) is 13.8. The highest BCUT2D eigenvalue weighted by Crippen LogP contribution is 2.33. The fraction of sp³-hybridized carbons (Fsp3) is 0.316. The number of benzene rings is 2. The Morgan fingerprint density at radius 1 is 1.17 bits per heavy atom. The molecule has 0 fully saturated rings. The highest BCUT2D eigenvalue weighted by Gasteiger charge is 2.28. The van der Waals surface area contributed by atoms with Gasteiger partial charge in [-0.1, -0.05) is 43.6 Å². The number of hydrogen-bond acceptors (Lipinski definition) is 3. The van der Waals surface area contributed by atoms with E-state index in [1.54, 1.807) is 6.07 Å². The van der Waals surface area contributed by atoms with Crippen LogP contribution in [0.15, 0.2) is 36.4 Å². The van der Waals surface area contributed by atoms with Gasteiger partial charge in [-0.05, 0) is 42.2 Å². The Morgan fingerprint density at radius 3 is 2.62 bits per heavy atom. The monoisotopic (exact) mass is 345 g/mol. The van der Waals surface area contributed by atoms with Gasteiger partial charge in [0.1, 0.15) is 6.61 Å². The van der Waals surface area contributed by atoms with Crippen LogP contribution in [0.3, 0.4) is 0 Å². The van der Waals surface area contributed by atoms with Crippen LogP contribution in [-0.2, 0) is 17.6 Å². The molecule has 24 heavy (non-hydrogen) atoms. The van der Waals surface area contributed by atoms with Crippen molar-refractivity contribution in [2.75, 3.05) is 11.9 Å². The first-order chi connectivity index (χ1) is 11.6. The highest BCUT2D eigenvalue weighted by atomic mass is 35.5. The molecule has 1 aliphatic rings. The standard InChI is InChI=1S/C19H20ClNO3/c1-3-12-9-10-14(20)13(4-2)18(12)21-19(22)17-11-23-15-7-5-6-8-16(15)24-17/h5-10,17H,3-4,11H2,1-2H3,(H,21,22). The molecular formula is C19H20ClNO3. The van der Waals surface area contributed by atoms with Crippen molar-refractivity contribution in [1.82, 2.24) is 0 Å². The fourth-order valence-electron chi connectivity index (χ4n) is 2.82. The van der Waals surface area contributed by atoms with Crippen LogP contribution >= 0.6 is 11.6 Å². The van der Waals surface area contributed by atoms with Crippen LogP contribution in [0.4, 0.5) is 5.69 Å². The Labute approximate surface area is 146 Å². The Balaban J connectivity index is 1.82. The molecule has 0 aromatic heterocycles. The summed E-state index contributed by atoms with van der Waals surface area (Å²) in [5, 5.41) is 3.66. The first-order valence-electron chi connectivity index (χ1n) is 8.13. The fourth-order valence-corrected chi connectivity index (χ4v) is 3.11. The Bertz CT molecular complexity index is 760. The van der Waals surface area contributed by atoms with Crippen molar-refractivity contribution in [3.05, 3.63) is 52.5 Å². The smallest absolute Gasteiger partial charge is 0.269 e. The Morgan fingerprint density at radius 2 is 1.92 bits per heavy atom. The van der Waals surface area contributed by atoms with Crippen molar-refractivity contribution < 1.29 is 14.3 Å². The van der Waals surface area contributed by atoms with Gasteiger partial charge in [-0.15, -0.1) is 0 Å². The number of anilines is 1. The van der Waals surface area contributed by atoms with Crippen LogP contribution in [0, 0.1) is 0 Å². The summed E-state index contributed by atoms with van der Waals surface area (Å²) in [6.45, 7) is 4.26. The van der Waals surface area contributed by atoms with Crippen LogP contribution in [-0.4, -0.2) is 18.6 Å². The second-order valence-corrected chi connectivity index (χ2v) is 6.03. The van der Waals surface area contributed by atoms with E-state index in [-0.39, 0.29) is 12.5 Å². The van der Waals surface area contributed by atoms with Crippen LogP contribution in [0.5, 0.6) is 11.5 Å². The van der Waals surface area contributed by atoms with Crippen molar-refractivity contribution >= 4 is 23.2 Å². The van der Waals surface area contributed by atoms with E-state index < -0.39 is 6.10 Å². The van der Waals surface area contributed by atoms with Crippen molar-refractivity contribution in [3.8, 4) is 11.5 Å². The zero-order chi connectivity index (χ0) is 17.1. The molecule has 1 amide bonds. The number of rotatable bonds is 4. The van der Waals surface area contributed by atoms with E-state index in [4.69, 9.17) is 21.1 Å². The number of para-hydroxylation sites is 2. The lowest BCUT2D eigenvalue weighted by atomic mass is 10.0. The number of aryl methyl sites for hydroxylation is 1. The lowest BCUT2D eigenvalue weighted by Gasteiger charge is -2.26. The van der Waals surface area contributed by atoms with Gasteiger partial charge in [0.15, 0.2) is 11.5 Å². The summed E-state index contributed by atoms with van der Waals surface area (Å²) >= 11 is 6.29. The van der Waals surface area contributed by atoms with Crippen molar-refractivity contribution in [2.24, 2.45) is 0 Å². The van der Waals surface area contributed by atoms with Gasteiger partial charge in [-0.25, -0.2) is 0 Å². The minimum atomic E-state index is -0.687. The average molecular weight is 346 g/mol. The van der Waals surface area contributed by atoms with Crippen LogP contribution < -0.4 is 14.8 Å². The molecule has 0 saturated heterocycles. The van der Waals surface area contributed by atoms with Crippen molar-refractivity contribution in [3.63, 3.8) is 0 Å². The number of carbonyl (C=O) groups excluding carboxylic acids is 1. The molecule has 3 rings (SSSR count). The molecule has 2 aromatic rings. The third kappa shape index (κ3) is 3.20. The van der Waals surface area contributed by atoms with Crippen LogP contribution in [0.25, 0.3) is 0 Å². The minimum absolute atomic E-state index is 0.187. The highest BCUT2D eigenvalue weighted by molar-refractivity contribution is 6.32. The number of nitrogens with one attached hydrogen (secondary N) is 1. The van der Waals surface area contributed by atoms with E-state index in [9.17, 15) is 4.79 Å². The maximum absolute atomic E-state index is 12.7. The minimum Gasteiger partial charge on any atom is -0.485 e. The summed E-state index contributed by atoms with van der Waals surface area (Å²) in [5.74, 6) is 1.02. The molecule has 2 aromatic carbocycles. The van der Waals surface area contributed by atoms with E-state index in [1.807, 2.05) is 37.3 Å². The maximum atomic E-state index is 12.7. The molecule has 1 N–H and O–H groups in total. The van der Waals surface area contributed by atoms with Crippen LogP contribution in [0.1, 0.15) is 25.0 Å². The van der Waals surface area contributed by atoms with Gasteiger partial charge in [0.2, 0.25) is 6.10 Å². The molecule has 0 radical (unpaired) electrons. The summed E-state index contributed by atoms with van der Waals surface area (Å²) in [5.41, 5.74) is 2.79. The van der Waals surface area contributed by atoms with E-state index in [1.165, 1.54) is 0 Å². The van der Waals surface area contributed by atoms with E-state index in [2.05, 4.69) is 12.2 Å². The average Bonchev–Trinajstić information content (AvgIpc) is 2.61. The number of amides is 1. The quantitative estimate of drug-likeness (QED) is 0.901. The second kappa shape index (κ2) is 7.14. The molecule has 4 nitrogen and oxygen atoms in total. The van der Waals surface area contributed by atoms with Crippen LogP contribution in [0.2, 0.25) is 5.02 Å². The molecule has 0 spiro atoms. The first-order valence-corrected chi connectivity index (χ1v) is 8.51. The van der Waals surface area contributed by atoms with Gasteiger partial charge in [0.25, 0.3) is 5.91 Å². The summed E-state index contributed by atoms with van der Waals surface area (Å²) in [4.78, 5) is 12.7. The van der Waals surface area contributed by atoms with Gasteiger partial charge in [-0.2, -0.15) is 0 Å². The lowest BCUT2D eigenvalue weighted by molar-refractivity contribution is -0.125. The van der Waals surface area contributed by atoms with Crippen molar-refractivity contribution in [1.29, 1.82) is 0 Å². The summed E-state index contributed by atoms with van der Waals surface area (Å²) in [7, 11) is 0. The van der Waals surface area contributed by atoms with Gasteiger partial charge in [-0.3, -0.25) is 4.79 Å². The van der Waals surface area contributed by atoms with E-state index >= 15 is 0 Å². The predicted octanol–water partition coefficient (Wildman–Crippen LogP) is 4.24. The Kier molecular flexibility index (Phi) is 4.95. The Hall–Kier alpha value is -2.20. The first kappa shape index (κ1) is 16.7. The number of ether oxygens (including phenoxy) is 2. The second-order valence-electron chi connectivity index (χ2n) is 5.62. The van der Waals surface area contributed by atoms with Gasteiger partial charge < -0.3 is 14.8 Å². The molecule has 1 unspecified atom stereocenters. The van der Waals surface area contributed by atoms with Gasteiger partial charge in [0.05, 0.1) is 0 Å². The third-order valence-corrected chi connectivity index (χ3v) is 4.48. The molecule has 1 heterocycles. The molecule has 0 bridgehead atoms. The molecular weight excluding hydrogens is 326 g/mol. The lowest BCUT2D eigenvalue weighted by Crippen LogP contribution is -2.40. The maximum Gasteiger partial charge on any atom is 0.269 e. The largest absolute Gasteiger partial charge is 0.485 e. The van der Waals surface area contributed by atoms with E-state index in [0.29, 0.717) is 16.5 Å². The van der Waals surface area contributed by atoms with Gasteiger partial charge in [0, 0.05) is 10.7 Å². The van der Waals surface area contributed by atoms with E-state index in [0.717, 1.165) is 29.7 Å². The molecule has 1 atom stereocenters. The predicted molar refractivity (Wildman–Crippen MR) is 95.2 cm³/mol. The SMILES string of the molecule is CCc1ccc(Cl)c(CC)c1NC(=O)C1COc2ccccc2O1. The third-order valence-electron chi connectivity index (χ3n) is 4.13. The molecule has 5 heteroatoms. The number of carbonyl (C=O) groups is 1. The molecule has 0 aliphatic carbocycles. The van der Waals surface area contributed by atoms with Gasteiger partial charge >= 0.3 is 0 Å². The topological polar surface area (TPSA) is 47.6 Å². The summed E-state index contributed by atoms with van der Waals surface area (Å²) in [6.07, 6.45) is 0.867. The number of halogens is 1.